The van der Waals surface area contributed by atoms with Crippen LogP contribution in [-0.4, -0.2) is 23.2 Å². The van der Waals surface area contributed by atoms with Gasteiger partial charge in [-0.3, -0.25) is 4.90 Å². The molecule has 2 aromatic carbocycles. The van der Waals surface area contributed by atoms with Gasteiger partial charge >= 0.3 is 12.1 Å². The zero-order valence-corrected chi connectivity index (χ0v) is 13.4. The summed E-state index contributed by atoms with van der Waals surface area (Å²) in [4.78, 5) is 25.4. The van der Waals surface area contributed by atoms with Crippen LogP contribution in [0.25, 0.3) is 0 Å². The second-order valence-corrected chi connectivity index (χ2v) is 5.78. The Kier molecular flexibility index (Phi) is 4.51. The number of anilines is 1. The summed E-state index contributed by atoms with van der Waals surface area (Å²) >= 11 is 0. The van der Waals surface area contributed by atoms with Gasteiger partial charge in [-0.25, -0.2) is 9.59 Å². The van der Waals surface area contributed by atoms with E-state index in [1.165, 1.54) is 4.90 Å². The minimum atomic E-state index is -1.03. The van der Waals surface area contributed by atoms with Gasteiger partial charge in [-0.2, -0.15) is 0 Å². The molecule has 1 aliphatic rings. The highest BCUT2D eigenvalue weighted by molar-refractivity contribution is 5.98. The van der Waals surface area contributed by atoms with E-state index in [2.05, 4.69) is 0 Å². The van der Waals surface area contributed by atoms with Crippen LogP contribution in [-0.2, 0) is 29.0 Å². The topological polar surface area (TPSA) is 66.8 Å². The Balaban J connectivity index is 1.83. The van der Waals surface area contributed by atoms with E-state index < -0.39 is 18.1 Å². The second kappa shape index (κ2) is 6.74. The molecule has 0 fully saturated rings. The highest BCUT2D eigenvalue weighted by atomic mass is 16.6. The number of carboxylic acids is 1. The average molecular weight is 325 g/mol. The first-order valence-corrected chi connectivity index (χ1v) is 7.94. The molecule has 24 heavy (non-hydrogen) atoms. The number of amides is 1. The summed E-state index contributed by atoms with van der Waals surface area (Å²) in [6.45, 7) is 2.13. The number of carboxylic acid groups (broad SMARTS) is 1. The summed E-state index contributed by atoms with van der Waals surface area (Å²) < 4.78 is 5.35. The smallest absolute Gasteiger partial charge is 0.415 e. The molecule has 1 N–H and O–H groups in total. The molecule has 5 heteroatoms. The Bertz CT molecular complexity index is 757. The Morgan fingerprint density at radius 2 is 1.92 bits per heavy atom. The molecular weight excluding hydrogens is 306 g/mol. The lowest BCUT2D eigenvalue weighted by Gasteiger charge is -2.22. The summed E-state index contributed by atoms with van der Waals surface area (Å²) in [6, 6.07) is 14.1. The largest absolute Gasteiger partial charge is 0.480 e. The quantitative estimate of drug-likeness (QED) is 0.935. The summed E-state index contributed by atoms with van der Waals surface area (Å²) in [5.41, 5.74) is 3.41. The number of aliphatic carboxylic acids is 1. The van der Waals surface area contributed by atoms with E-state index in [4.69, 9.17) is 4.74 Å². The number of ether oxygens (including phenoxy) is 1. The molecule has 1 atom stereocenters. The van der Waals surface area contributed by atoms with Gasteiger partial charge < -0.3 is 9.84 Å². The molecule has 0 bridgehead atoms. The van der Waals surface area contributed by atoms with Gasteiger partial charge in [0.25, 0.3) is 0 Å². The molecule has 0 radical (unpaired) electrons. The van der Waals surface area contributed by atoms with Crippen LogP contribution in [0.3, 0.4) is 0 Å². The van der Waals surface area contributed by atoms with Crippen molar-refractivity contribution >= 4 is 17.7 Å². The maximum Gasteiger partial charge on any atom is 0.415 e. The van der Waals surface area contributed by atoms with Gasteiger partial charge in [-0.15, -0.1) is 0 Å². The molecule has 0 spiro atoms. The minimum absolute atomic E-state index is 0.116. The fourth-order valence-corrected chi connectivity index (χ4v) is 2.91. The van der Waals surface area contributed by atoms with Crippen LogP contribution in [0.15, 0.2) is 48.5 Å². The lowest BCUT2D eigenvalue weighted by Crippen LogP contribution is -2.43. The predicted octanol–water partition coefficient (Wildman–Crippen LogP) is 3.40. The minimum Gasteiger partial charge on any atom is -0.480 e. The maximum atomic E-state index is 12.5. The van der Waals surface area contributed by atoms with Crippen molar-refractivity contribution < 1.29 is 19.4 Å². The zero-order valence-electron chi connectivity index (χ0n) is 13.4. The van der Waals surface area contributed by atoms with Gasteiger partial charge in [-0.05, 0) is 29.2 Å². The van der Waals surface area contributed by atoms with Crippen molar-refractivity contribution in [3.8, 4) is 0 Å². The third kappa shape index (κ3) is 3.11. The van der Waals surface area contributed by atoms with Crippen LogP contribution in [0, 0.1) is 0 Å². The van der Waals surface area contributed by atoms with Crippen LogP contribution in [0.2, 0.25) is 0 Å². The summed E-state index contributed by atoms with van der Waals surface area (Å²) in [6.07, 6.45) is 0.491. The summed E-state index contributed by atoms with van der Waals surface area (Å²) in [7, 11) is 0. The number of rotatable bonds is 4. The first kappa shape index (κ1) is 16.1. The van der Waals surface area contributed by atoms with Crippen molar-refractivity contribution in [2.75, 3.05) is 4.90 Å². The van der Waals surface area contributed by atoms with Gasteiger partial charge in [-0.1, -0.05) is 49.4 Å². The van der Waals surface area contributed by atoms with Gasteiger partial charge in [0.05, 0.1) is 5.69 Å². The molecule has 0 aliphatic carbocycles. The first-order chi connectivity index (χ1) is 11.6. The Labute approximate surface area is 140 Å². The molecule has 1 amide bonds. The Morgan fingerprint density at radius 3 is 2.58 bits per heavy atom. The molecule has 3 rings (SSSR count). The molecule has 1 heterocycles. The molecule has 1 aliphatic heterocycles. The third-order valence-corrected chi connectivity index (χ3v) is 4.23. The predicted molar refractivity (Wildman–Crippen MR) is 90.1 cm³/mol. The van der Waals surface area contributed by atoms with E-state index in [9.17, 15) is 14.7 Å². The number of benzene rings is 2. The van der Waals surface area contributed by atoms with Crippen molar-refractivity contribution in [3.05, 3.63) is 65.2 Å². The van der Waals surface area contributed by atoms with Crippen molar-refractivity contribution in [1.29, 1.82) is 0 Å². The van der Waals surface area contributed by atoms with Gasteiger partial charge in [0.1, 0.15) is 12.6 Å². The fourth-order valence-electron chi connectivity index (χ4n) is 2.91. The van der Waals surface area contributed by atoms with Crippen molar-refractivity contribution in [1.82, 2.24) is 0 Å². The average Bonchev–Trinajstić information content (AvgIpc) is 2.99. The molecular formula is C19H19NO4. The highest BCUT2D eigenvalue weighted by Crippen LogP contribution is 2.34. The lowest BCUT2D eigenvalue weighted by atomic mass is 10.1. The van der Waals surface area contributed by atoms with E-state index >= 15 is 0 Å². The van der Waals surface area contributed by atoms with E-state index in [1.807, 2.05) is 55.5 Å². The van der Waals surface area contributed by atoms with Crippen LogP contribution in [0.1, 0.15) is 23.6 Å². The Hall–Kier alpha value is -2.82. The van der Waals surface area contributed by atoms with Crippen molar-refractivity contribution in [2.24, 2.45) is 0 Å². The molecule has 1 unspecified atom stereocenters. The van der Waals surface area contributed by atoms with Crippen molar-refractivity contribution in [3.63, 3.8) is 0 Å². The molecule has 0 saturated carbocycles. The van der Waals surface area contributed by atoms with Crippen LogP contribution >= 0.6 is 0 Å². The number of fused-ring (bicyclic) bond motifs is 1. The second-order valence-electron chi connectivity index (χ2n) is 5.78. The number of carbonyl (C=O) groups is 2. The SMILES string of the molecule is CCc1ccc2c(c1)N(C(=O)OCc1ccccc1)C(C(=O)O)C2. The van der Waals surface area contributed by atoms with Crippen LogP contribution in [0.5, 0.6) is 0 Å². The molecule has 0 aromatic heterocycles. The molecule has 5 nitrogen and oxygen atoms in total. The summed E-state index contributed by atoms with van der Waals surface area (Å²) in [5, 5.41) is 9.47. The van der Waals surface area contributed by atoms with E-state index in [1.54, 1.807) is 0 Å². The maximum absolute atomic E-state index is 12.5. The van der Waals surface area contributed by atoms with E-state index in [0.29, 0.717) is 12.1 Å². The molecule has 2 aromatic rings. The molecule has 0 saturated heterocycles. The lowest BCUT2D eigenvalue weighted by molar-refractivity contribution is -0.138. The Morgan fingerprint density at radius 1 is 1.17 bits per heavy atom. The third-order valence-electron chi connectivity index (χ3n) is 4.23. The zero-order chi connectivity index (χ0) is 17.1. The standard InChI is InChI=1S/C19H19NO4/c1-2-13-8-9-15-11-17(18(21)22)20(16(15)10-13)19(23)24-12-14-6-4-3-5-7-14/h3-10,17H,2,11-12H2,1H3,(H,21,22). The highest BCUT2D eigenvalue weighted by Gasteiger charge is 2.39. The van der Waals surface area contributed by atoms with Gasteiger partial charge in [0.2, 0.25) is 0 Å². The normalized spacial score (nSPS) is 15.9. The van der Waals surface area contributed by atoms with Gasteiger partial charge in [0, 0.05) is 6.42 Å². The van der Waals surface area contributed by atoms with Crippen LogP contribution in [0.4, 0.5) is 10.5 Å². The fraction of sp³-hybridized carbons (Fsp3) is 0.263. The number of carbonyl (C=O) groups excluding carboxylic acids is 1. The molecule has 124 valence electrons. The monoisotopic (exact) mass is 325 g/mol. The van der Waals surface area contributed by atoms with Crippen LogP contribution < -0.4 is 4.90 Å². The summed E-state index contributed by atoms with van der Waals surface area (Å²) in [5.74, 6) is -1.03. The van der Waals surface area contributed by atoms with E-state index in [0.717, 1.165) is 23.1 Å². The number of hydrogen-bond donors (Lipinski definition) is 1. The number of aryl methyl sites for hydroxylation is 1. The van der Waals surface area contributed by atoms with Gasteiger partial charge in [0.15, 0.2) is 0 Å². The first-order valence-electron chi connectivity index (χ1n) is 7.94. The number of nitrogens with zero attached hydrogens (tertiary/aromatic N) is 1. The number of hydrogen-bond acceptors (Lipinski definition) is 3. The van der Waals surface area contributed by atoms with E-state index in [-0.39, 0.29) is 6.61 Å². The van der Waals surface area contributed by atoms with Crippen molar-refractivity contribution in [2.45, 2.75) is 32.4 Å².